The van der Waals surface area contributed by atoms with Gasteiger partial charge in [-0.1, -0.05) is 6.08 Å². The summed E-state index contributed by atoms with van der Waals surface area (Å²) < 4.78 is 42.5. The summed E-state index contributed by atoms with van der Waals surface area (Å²) in [6.45, 7) is 0. The highest BCUT2D eigenvalue weighted by atomic mass is 19.4. The number of hydrogen-bond donors (Lipinski definition) is 2. The van der Waals surface area contributed by atoms with Crippen molar-refractivity contribution >= 4 is 11.7 Å². The van der Waals surface area contributed by atoms with Crippen LogP contribution in [0, 0.1) is 5.92 Å². The second-order valence-corrected chi connectivity index (χ2v) is 4.96. The standard InChI is InChI=1S/C15H15F3N2O3/c1-23-10-7-5-9(6-8-10)14(22)20-19-12-4-2-3-11(12)13(21)15(16,17)18/h4-8,11,19H,2-3H2,1H3,(H,20,22)/t11-/m1/s1. The Labute approximate surface area is 130 Å². The molecule has 0 spiro atoms. The SMILES string of the molecule is COc1ccc(C(=O)NNC2=CCC[C@H]2C(=O)C(F)(F)F)cc1. The van der Waals surface area contributed by atoms with Gasteiger partial charge in [-0.15, -0.1) is 0 Å². The van der Waals surface area contributed by atoms with Crippen LogP contribution >= 0.6 is 0 Å². The molecule has 8 heteroatoms. The fourth-order valence-corrected chi connectivity index (χ4v) is 2.25. The molecule has 0 saturated carbocycles. The van der Waals surface area contributed by atoms with Gasteiger partial charge in [0.25, 0.3) is 5.91 Å². The van der Waals surface area contributed by atoms with Gasteiger partial charge in [-0.05, 0) is 37.1 Å². The lowest BCUT2D eigenvalue weighted by Crippen LogP contribution is -2.41. The number of Topliss-reactive ketones (excluding diaryl/α,β-unsaturated/α-hetero) is 1. The molecule has 124 valence electrons. The zero-order valence-electron chi connectivity index (χ0n) is 12.2. The summed E-state index contributed by atoms with van der Waals surface area (Å²) >= 11 is 0. The molecule has 1 atom stereocenters. The zero-order chi connectivity index (χ0) is 17.0. The first kappa shape index (κ1) is 16.9. The van der Waals surface area contributed by atoms with Crippen LogP contribution in [0.15, 0.2) is 36.0 Å². The van der Waals surface area contributed by atoms with Gasteiger partial charge >= 0.3 is 6.18 Å². The average molecular weight is 328 g/mol. The Kier molecular flexibility index (Phi) is 4.92. The van der Waals surface area contributed by atoms with Crippen LogP contribution in [0.4, 0.5) is 13.2 Å². The number of amides is 1. The van der Waals surface area contributed by atoms with E-state index < -0.39 is 23.8 Å². The molecular weight excluding hydrogens is 313 g/mol. The number of allylic oxidation sites excluding steroid dienone is 2. The molecule has 5 nitrogen and oxygen atoms in total. The molecule has 0 saturated heterocycles. The fourth-order valence-electron chi connectivity index (χ4n) is 2.25. The molecule has 1 amide bonds. The minimum absolute atomic E-state index is 0.0641. The molecule has 2 rings (SSSR count). The van der Waals surface area contributed by atoms with E-state index in [4.69, 9.17) is 4.74 Å². The van der Waals surface area contributed by atoms with Gasteiger partial charge in [-0.3, -0.25) is 15.0 Å². The molecular formula is C15H15F3N2O3. The molecule has 1 aromatic carbocycles. The van der Waals surface area contributed by atoms with Crippen molar-refractivity contribution in [2.45, 2.75) is 19.0 Å². The highest BCUT2D eigenvalue weighted by Crippen LogP contribution is 2.31. The van der Waals surface area contributed by atoms with E-state index in [9.17, 15) is 22.8 Å². The van der Waals surface area contributed by atoms with Gasteiger partial charge in [0.05, 0.1) is 13.0 Å². The number of rotatable bonds is 5. The van der Waals surface area contributed by atoms with E-state index in [2.05, 4.69) is 10.9 Å². The van der Waals surface area contributed by atoms with Gasteiger partial charge < -0.3 is 10.2 Å². The maximum Gasteiger partial charge on any atom is 0.450 e. The summed E-state index contributed by atoms with van der Waals surface area (Å²) in [4.78, 5) is 23.3. The lowest BCUT2D eigenvalue weighted by atomic mass is 10.0. The van der Waals surface area contributed by atoms with Crippen LogP contribution in [0.1, 0.15) is 23.2 Å². The lowest BCUT2D eigenvalue weighted by molar-refractivity contribution is -0.174. The first-order chi connectivity index (χ1) is 10.8. The van der Waals surface area contributed by atoms with E-state index in [1.54, 1.807) is 12.1 Å². The number of hydrazine groups is 1. The molecule has 0 aliphatic heterocycles. The van der Waals surface area contributed by atoms with Crippen molar-refractivity contribution < 1.29 is 27.5 Å². The van der Waals surface area contributed by atoms with E-state index >= 15 is 0 Å². The molecule has 0 heterocycles. The molecule has 2 N–H and O–H groups in total. The van der Waals surface area contributed by atoms with Crippen molar-refractivity contribution in [3.05, 3.63) is 41.6 Å². The van der Waals surface area contributed by atoms with Gasteiger partial charge in [-0.2, -0.15) is 13.2 Å². The summed E-state index contributed by atoms with van der Waals surface area (Å²) in [5.74, 6) is -3.07. The number of methoxy groups -OCH3 is 1. The lowest BCUT2D eigenvalue weighted by Gasteiger charge is -2.17. The van der Waals surface area contributed by atoms with Crippen LogP contribution < -0.4 is 15.6 Å². The van der Waals surface area contributed by atoms with Gasteiger partial charge in [0.15, 0.2) is 0 Å². The largest absolute Gasteiger partial charge is 0.497 e. The molecule has 0 fully saturated rings. The van der Waals surface area contributed by atoms with Crippen LogP contribution in [0.5, 0.6) is 5.75 Å². The monoisotopic (exact) mass is 328 g/mol. The molecule has 1 aromatic rings. The Morgan fingerprint density at radius 2 is 1.87 bits per heavy atom. The first-order valence-electron chi connectivity index (χ1n) is 6.84. The molecule has 0 aromatic heterocycles. The van der Waals surface area contributed by atoms with Crippen molar-refractivity contribution in [1.29, 1.82) is 0 Å². The number of benzene rings is 1. The van der Waals surface area contributed by atoms with Crippen molar-refractivity contribution in [3.8, 4) is 5.75 Å². The number of carbonyl (C=O) groups is 2. The maximum absolute atomic E-state index is 12.5. The Hall–Kier alpha value is -2.51. The van der Waals surface area contributed by atoms with Crippen LogP contribution in [-0.4, -0.2) is 25.0 Å². The molecule has 23 heavy (non-hydrogen) atoms. The van der Waals surface area contributed by atoms with Crippen molar-refractivity contribution in [2.75, 3.05) is 7.11 Å². The highest BCUT2D eigenvalue weighted by molar-refractivity contribution is 5.94. The third-order valence-corrected chi connectivity index (χ3v) is 3.46. The van der Waals surface area contributed by atoms with Crippen LogP contribution in [0.25, 0.3) is 0 Å². The molecule has 0 radical (unpaired) electrons. The summed E-state index contributed by atoms with van der Waals surface area (Å²) in [5, 5.41) is 0. The number of hydrogen-bond acceptors (Lipinski definition) is 4. The number of nitrogens with one attached hydrogen (secondary N) is 2. The van der Waals surface area contributed by atoms with Gasteiger partial charge in [0, 0.05) is 11.3 Å². The van der Waals surface area contributed by atoms with E-state index in [-0.39, 0.29) is 12.1 Å². The molecule has 1 aliphatic carbocycles. The summed E-state index contributed by atoms with van der Waals surface area (Å²) in [6.07, 6.45) is -3.01. The van der Waals surface area contributed by atoms with Crippen LogP contribution in [0.2, 0.25) is 0 Å². The third-order valence-electron chi connectivity index (χ3n) is 3.46. The smallest absolute Gasteiger partial charge is 0.450 e. The average Bonchev–Trinajstić information content (AvgIpc) is 2.99. The predicted octanol–water partition coefficient (Wildman–Crippen LogP) is 2.35. The van der Waals surface area contributed by atoms with Gasteiger partial charge in [-0.25, -0.2) is 0 Å². The van der Waals surface area contributed by atoms with Crippen molar-refractivity contribution in [2.24, 2.45) is 5.92 Å². The molecule has 0 bridgehead atoms. The second-order valence-electron chi connectivity index (χ2n) is 4.96. The summed E-state index contributed by atoms with van der Waals surface area (Å²) in [6, 6.07) is 6.19. The van der Waals surface area contributed by atoms with E-state index in [0.717, 1.165) is 0 Å². The number of halogens is 3. The Bertz CT molecular complexity index is 624. The van der Waals surface area contributed by atoms with Gasteiger partial charge in [0.2, 0.25) is 5.78 Å². The third kappa shape index (κ3) is 4.02. The van der Waals surface area contributed by atoms with Crippen LogP contribution in [0.3, 0.4) is 0 Å². The topological polar surface area (TPSA) is 67.4 Å². The van der Waals surface area contributed by atoms with Crippen LogP contribution in [-0.2, 0) is 4.79 Å². The molecule has 1 aliphatic rings. The fraction of sp³-hybridized carbons (Fsp3) is 0.333. The predicted molar refractivity (Wildman–Crippen MR) is 75.5 cm³/mol. The number of carbonyl (C=O) groups excluding carboxylic acids is 2. The minimum atomic E-state index is -4.89. The second kappa shape index (κ2) is 6.72. The van der Waals surface area contributed by atoms with E-state index in [0.29, 0.717) is 17.7 Å². The minimum Gasteiger partial charge on any atom is -0.497 e. The van der Waals surface area contributed by atoms with Gasteiger partial charge in [0.1, 0.15) is 5.75 Å². The first-order valence-corrected chi connectivity index (χ1v) is 6.84. The molecule has 0 unspecified atom stereocenters. The quantitative estimate of drug-likeness (QED) is 0.814. The van der Waals surface area contributed by atoms with Crippen molar-refractivity contribution in [3.63, 3.8) is 0 Å². The van der Waals surface area contributed by atoms with E-state index in [1.807, 2.05) is 0 Å². The Balaban J connectivity index is 1.96. The van der Waals surface area contributed by atoms with E-state index in [1.165, 1.54) is 25.3 Å². The summed E-state index contributed by atoms with van der Waals surface area (Å²) in [7, 11) is 1.49. The zero-order valence-corrected chi connectivity index (χ0v) is 12.2. The van der Waals surface area contributed by atoms with Crippen molar-refractivity contribution in [1.82, 2.24) is 10.9 Å². The Morgan fingerprint density at radius 1 is 1.22 bits per heavy atom. The maximum atomic E-state index is 12.5. The number of ketones is 1. The number of ether oxygens (including phenoxy) is 1. The Morgan fingerprint density at radius 3 is 2.43 bits per heavy atom. The highest BCUT2D eigenvalue weighted by Gasteiger charge is 2.45. The normalized spacial score (nSPS) is 17.4. The number of alkyl halides is 3. The summed E-state index contributed by atoms with van der Waals surface area (Å²) in [5.41, 5.74) is 5.08.